The summed E-state index contributed by atoms with van der Waals surface area (Å²) >= 11 is 0. The quantitative estimate of drug-likeness (QED) is 0.857. The van der Waals surface area contributed by atoms with E-state index in [0.29, 0.717) is 6.54 Å². The summed E-state index contributed by atoms with van der Waals surface area (Å²) in [5.74, 6) is 0.799. The van der Waals surface area contributed by atoms with E-state index in [-0.39, 0.29) is 5.91 Å². The van der Waals surface area contributed by atoms with Crippen LogP contribution in [-0.2, 0) is 11.3 Å². The molecule has 0 spiro atoms. The molecule has 4 heteroatoms. The van der Waals surface area contributed by atoms with Gasteiger partial charge in [0.1, 0.15) is 5.75 Å². The zero-order valence-corrected chi connectivity index (χ0v) is 10.9. The monoisotopic (exact) mass is 236 g/mol. The van der Waals surface area contributed by atoms with Gasteiger partial charge >= 0.3 is 0 Å². The van der Waals surface area contributed by atoms with E-state index in [9.17, 15) is 4.79 Å². The highest BCUT2D eigenvalue weighted by molar-refractivity contribution is 5.80. The summed E-state index contributed by atoms with van der Waals surface area (Å²) in [4.78, 5) is 13.3. The molecule has 17 heavy (non-hydrogen) atoms. The topological polar surface area (TPSA) is 55.6 Å². The lowest BCUT2D eigenvalue weighted by atomic mass is 10.1. The Morgan fingerprint density at radius 3 is 2.65 bits per heavy atom. The van der Waals surface area contributed by atoms with E-state index in [1.165, 1.54) is 0 Å². The highest BCUT2D eigenvalue weighted by Crippen LogP contribution is 2.19. The number of nitrogens with zero attached hydrogens (tertiary/aromatic N) is 1. The molecule has 2 N–H and O–H groups in total. The van der Waals surface area contributed by atoms with Crippen LogP contribution in [0.5, 0.6) is 5.75 Å². The minimum atomic E-state index is -0.459. The van der Waals surface area contributed by atoms with Gasteiger partial charge in [-0.1, -0.05) is 12.1 Å². The average Bonchev–Trinajstić information content (AvgIpc) is 2.28. The summed E-state index contributed by atoms with van der Waals surface area (Å²) in [5.41, 5.74) is 7.69. The van der Waals surface area contributed by atoms with Crippen LogP contribution in [0.25, 0.3) is 0 Å². The number of ether oxygens (including phenoxy) is 1. The number of methoxy groups -OCH3 is 1. The summed E-state index contributed by atoms with van der Waals surface area (Å²) < 4.78 is 5.19. The number of carbonyl (C=O) groups is 1. The summed E-state index contributed by atoms with van der Waals surface area (Å²) in [7, 11) is 3.40. The fourth-order valence-corrected chi connectivity index (χ4v) is 1.74. The molecule has 0 bridgehead atoms. The van der Waals surface area contributed by atoms with Crippen molar-refractivity contribution in [2.24, 2.45) is 5.73 Å². The smallest absolute Gasteiger partial charge is 0.239 e. The van der Waals surface area contributed by atoms with Gasteiger partial charge in [-0.15, -0.1) is 0 Å². The summed E-state index contributed by atoms with van der Waals surface area (Å²) in [6, 6.07) is 5.43. The maximum absolute atomic E-state index is 11.6. The van der Waals surface area contributed by atoms with Crippen molar-refractivity contribution < 1.29 is 9.53 Å². The van der Waals surface area contributed by atoms with Gasteiger partial charge in [0.2, 0.25) is 5.91 Å². The Morgan fingerprint density at radius 2 is 2.18 bits per heavy atom. The van der Waals surface area contributed by atoms with Crippen molar-refractivity contribution >= 4 is 5.91 Å². The van der Waals surface area contributed by atoms with Crippen LogP contribution < -0.4 is 10.5 Å². The Kier molecular flexibility index (Phi) is 4.52. The fraction of sp³-hybridized carbons (Fsp3) is 0.462. The summed E-state index contributed by atoms with van der Waals surface area (Å²) in [6.45, 7) is 4.24. The molecule has 0 saturated carbocycles. The highest BCUT2D eigenvalue weighted by atomic mass is 16.5. The summed E-state index contributed by atoms with van der Waals surface area (Å²) in [5, 5.41) is 0. The number of carbonyl (C=O) groups excluding carboxylic acids is 1. The molecular formula is C13H20N2O2. The molecular weight excluding hydrogens is 216 g/mol. The molecule has 1 aromatic carbocycles. The minimum absolute atomic E-state index is 0.0570. The molecule has 0 aliphatic heterocycles. The lowest BCUT2D eigenvalue weighted by Gasteiger charge is -2.19. The SMILES string of the molecule is COc1ccc(CN(C)C(=O)[C@@H](C)N)cc1C. The van der Waals surface area contributed by atoms with Crippen molar-refractivity contribution in [3.05, 3.63) is 29.3 Å². The number of aryl methyl sites for hydroxylation is 1. The Labute approximate surface area is 102 Å². The standard InChI is InChI=1S/C13H20N2O2/c1-9-7-11(5-6-12(9)17-4)8-15(3)13(16)10(2)14/h5-7,10H,8,14H2,1-4H3/t10-/m1/s1. The Bertz CT molecular complexity index is 402. The van der Waals surface area contributed by atoms with Gasteiger partial charge < -0.3 is 15.4 Å². The van der Waals surface area contributed by atoms with E-state index < -0.39 is 6.04 Å². The zero-order valence-electron chi connectivity index (χ0n) is 10.9. The lowest BCUT2D eigenvalue weighted by Crippen LogP contribution is -2.39. The van der Waals surface area contributed by atoms with Gasteiger partial charge in [0.15, 0.2) is 0 Å². The fourth-order valence-electron chi connectivity index (χ4n) is 1.74. The third-order valence-electron chi connectivity index (χ3n) is 2.64. The molecule has 1 amide bonds. The van der Waals surface area contributed by atoms with E-state index in [1.807, 2.05) is 25.1 Å². The van der Waals surface area contributed by atoms with Gasteiger partial charge in [0, 0.05) is 13.6 Å². The molecule has 0 fully saturated rings. The van der Waals surface area contributed by atoms with Gasteiger partial charge in [-0.25, -0.2) is 0 Å². The van der Waals surface area contributed by atoms with Crippen LogP contribution in [0.2, 0.25) is 0 Å². The second-order valence-corrected chi connectivity index (χ2v) is 4.29. The number of nitrogens with two attached hydrogens (primary N) is 1. The molecule has 1 aromatic rings. The Hall–Kier alpha value is -1.55. The second kappa shape index (κ2) is 5.68. The number of hydrogen-bond acceptors (Lipinski definition) is 3. The molecule has 1 rings (SSSR count). The number of benzene rings is 1. The van der Waals surface area contributed by atoms with E-state index >= 15 is 0 Å². The molecule has 0 aromatic heterocycles. The molecule has 0 heterocycles. The number of rotatable bonds is 4. The summed E-state index contributed by atoms with van der Waals surface area (Å²) in [6.07, 6.45) is 0. The van der Waals surface area contributed by atoms with Crippen LogP contribution in [0.4, 0.5) is 0 Å². The van der Waals surface area contributed by atoms with Crippen LogP contribution in [0, 0.1) is 6.92 Å². The zero-order chi connectivity index (χ0) is 13.0. The number of likely N-dealkylation sites (N-methyl/N-ethyl adjacent to an activating group) is 1. The van der Waals surface area contributed by atoms with Crippen molar-refractivity contribution in [3.8, 4) is 5.75 Å². The van der Waals surface area contributed by atoms with E-state index in [4.69, 9.17) is 10.5 Å². The maximum Gasteiger partial charge on any atom is 0.239 e. The molecule has 0 radical (unpaired) electrons. The van der Waals surface area contributed by atoms with Crippen molar-refractivity contribution in [2.75, 3.05) is 14.2 Å². The molecule has 94 valence electrons. The van der Waals surface area contributed by atoms with Crippen LogP contribution in [-0.4, -0.2) is 31.0 Å². The number of amides is 1. The van der Waals surface area contributed by atoms with Crippen molar-refractivity contribution in [3.63, 3.8) is 0 Å². The van der Waals surface area contributed by atoms with Crippen molar-refractivity contribution in [1.29, 1.82) is 0 Å². The second-order valence-electron chi connectivity index (χ2n) is 4.29. The van der Waals surface area contributed by atoms with Crippen molar-refractivity contribution in [2.45, 2.75) is 26.4 Å². The largest absolute Gasteiger partial charge is 0.496 e. The molecule has 4 nitrogen and oxygen atoms in total. The van der Waals surface area contributed by atoms with E-state index in [1.54, 1.807) is 26.0 Å². The third kappa shape index (κ3) is 3.46. The van der Waals surface area contributed by atoms with Crippen molar-refractivity contribution in [1.82, 2.24) is 4.90 Å². The molecule has 0 saturated heterocycles. The Balaban J connectivity index is 2.75. The maximum atomic E-state index is 11.6. The van der Waals surface area contributed by atoms with Crippen LogP contribution >= 0.6 is 0 Å². The van der Waals surface area contributed by atoms with Crippen LogP contribution in [0.1, 0.15) is 18.1 Å². The van der Waals surface area contributed by atoms with Crippen LogP contribution in [0.3, 0.4) is 0 Å². The minimum Gasteiger partial charge on any atom is -0.496 e. The van der Waals surface area contributed by atoms with Gasteiger partial charge in [-0.05, 0) is 31.0 Å². The molecule has 1 atom stereocenters. The molecule has 0 unspecified atom stereocenters. The normalized spacial score (nSPS) is 12.1. The first-order valence-electron chi connectivity index (χ1n) is 5.59. The van der Waals surface area contributed by atoms with Crippen LogP contribution in [0.15, 0.2) is 18.2 Å². The molecule has 0 aliphatic carbocycles. The van der Waals surface area contributed by atoms with E-state index in [0.717, 1.165) is 16.9 Å². The predicted molar refractivity (Wildman–Crippen MR) is 67.9 cm³/mol. The first-order valence-corrected chi connectivity index (χ1v) is 5.59. The molecule has 0 aliphatic rings. The first-order chi connectivity index (χ1) is 7.95. The van der Waals surface area contributed by atoms with E-state index in [2.05, 4.69) is 0 Å². The predicted octanol–water partition coefficient (Wildman–Crippen LogP) is 1.31. The van der Waals surface area contributed by atoms with Gasteiger partial charge in [0.25, 0.3) is 0 Å². The van der Waals surface area contributed by atoms with Gasteiger partial charge in [-0.3, -0.25) is 4.79 Å². The lowest BCUT2D eigenvalue weighted by molar-refractivity contribution is -0.131. The van der Waals surface area contributed by atoms with Gasteiger partial charge in [0.05, 0.1) is 13.2 Å². The first kappa shape index (κ1) is 13.5. The third-order valence-corrected chi connectivity index (χ3v) is 2.64. The van der Waals surface area contributed by atoms with Gasteiger partial charge in [-0.2, -0.15) is 0 Å². The Morgan fingerprint density at radius 1 is 1.53 bits per heavy atom. The number of hydrogen-bond donors (Lipinski definition) is 1. The average molecular weight is 236 g/mol. The highest BCUT2D eigenvalue weighted by Gasteiger charge is 2.13.